The molecule has 5 rings (SSSR count). The first-order valence-corrected chi connectivity index (χ1v) is 15.4. The number of benzene rings is 1. The van der Waals surface area contributed by atoms with Crippen molar-refractivity contribution in [2.45, 2.75) is 84.3 Å². The number of aromatic nitrogens is 3. The van der Waals surface area contributed by atoms with Crippen LogP contribution in [0.4, 0.5) is 13.6 Å². The highest BCUT2D eigenvalue weighted by atomic mass is 19.3. The molecular formula is C34H43F2N5O3. The highest BCUT2D eigenvalue weighted by Crippen LogP contribution is 2.38. The van der Waals surface area contributed by atoms with Crippen LogP contribution in [-0.4, -0.2) is 51.9 Å². The fourth-order valence-electron chi connectivity index (χ4n) is 6.18. The van der Waals surface area contributed by atoms with Crippen LogP contribution in [0.25, 0.3) is 33.2 Å². The molecule has 0 bridgehead atoms. The molecule has 3 aromatic heterocycles. The number of H-pyrrole nitrogens is 1. The molecule has 1 aromatic carbocycles. The lowest BCUT2D eigenvalue weighted by molar-refractivity contribution is 0.0404. The van der Waals surface area contributed by atoms with E-state index in [2.05, 4.69) is 43.8 Å². The van der Waals surface area contributed by atoms with Crippen molar-refractivity contribution in [1.82, 2.24) is 25.6 Å². The normalized spacial score (nSPS) is 16.0. The number of amides is 1. The summed E-state index contributed by atoms with van der Waals surface area (Å²) < 4.78 is 40.3. The molecule has 1 amide bonds. The summed E-state index contributed by atoms with van der Waals surface area (Å²) in [6.07, 6.45) is 0.903. The van der Waals surface area contributed by atoms with Crippen molar-refractivity contribution in [3.63, 3.8) is 0 Å². The maximum Gasteiger partial charge on any atom is 0.408 e. The third kappa shape index (κ3) is 7.29. The van der Waals surface area contributed by atoms with Crippen molar-refractivity contribution in [3.8, 4) is 17.0 Å². The summed E-state index contributed by atoms with van der Waals surface area (Å²) in [6.45, 7) is 13.2. The number of nitrogens with one attached hydrogen (secondary N) is 3. The first kappa shape index (κ1) is 31.6. The number of ether oxygens (including phenoxy) is 2. The van der Waals surface area contributed by atoms with E-state index >= 15 is 0 Å². The van der Waals surface area contributed by atoms with Crippen molar-refractivity contribution in [1.29, 1.82) is 0 Å². The Morgan fingerprint density at radius 1 is 1.09 bits per heavy atom. The summed E-state index contributed by atoms with van der Waals surface area (Å²) in [7, 11) is 0. The average molecular weight is 608 g/mol. The molecule has 4 heterocycles. The van der Waals surface area contributed by atoms with Gasteiger partial charge in [0.2, 0.25) is 0 Å². The van der Waals surface area contributed by atoms with Crippen LogP contribution in [0.5, 0.6) is 5.75 Å². The van der Waals surface area contributed by atoms with Crippen LogP contribution in [-0.2, 0) is 4.74 Å². The number of piperidine rings is 1. The number of alkyl halides is 2. The van der Waals surface area contributed by atoms with Crippen LogP contribution in [0.1, 0.15) is 84.4 Å². The Morgan fingerprint density at radius 3 is 2.52 bits per heavy atom. The van der Waals surface area contributed by atoms with Gasteiger partial charge in [-0.15, -0.1) is 0 Å². The van der Waals surface area contributed by atoms with Crippen LogP contribution < -0.4 is 15.4 Å². The van der Waals surface area contributed by atoms with Crippen molar-refractivity contribution in [3.05, 3.63) is 53.9 Å². The van der Waals surface area contributed by atoms with Crippen molar-refractivity contribution < 1.29 is 23.0 Å². The standard InChI is InChI=1S/C34H43F2N5O3/c1-20(2)18-34(6,41-32(42)44-33(3,4)5)19-43-27-10-9-25(39-29(27)30(35)36)23-13-16-38-31-28(23)24-17-22(7-8-26(24)40-31)21-11-14-37-15-12-21/h7-10,13,16-17,20-21,30,37H,11-12,14-15,18-19H2,1-6H3,(H,38,40)(H,41,42)/t34-/m0/s1. The third-order valence-corrected chi connectivity index (χ3v) is 7.90. The molecule has 44 heavy (non-hydrogen) atoms. The van der Waals surface area contributed by atoms with Crippen molar-refractivity contribution in [2.75, 3.05) is 19.7 Å². The summed E-state index contributed by atoms with van der Waals surface area (Å²) in [5.74, 6) is 0.646. The molecule has 0 saturated carbocycles. The van der Waals surface area contributed by atoms with E-state index in [0.717, 1.165) is 42.2 Å². The molecule has 236 valence electrons. The van der Waals surface area contributed by atoms with Gasteiger partial charge in [0.1, 0.15) is 29.3 Å². The maximum atomic E-state index is 14.5. The quantitative estimate of drug-likeness (QED) is 0.179. The second kappa shape index (κ2) is 12.7. The molecule has 4 aromatic rings. The zero-order chi connectivity index (χ0) is 31.6. The molecule has 1 atom stereocenters. The van der Waals surface area contributed by atoms with Gasteiger partial charge in [-0.1, -0.05) is 19.9 Å². The lowest BCUT2D eigenvalue weighted by atomic mass is 9.89. The molecule has 1 aliphatic rings. The van der Waals surface area contributed by atoms with Crippen LogP contribution in [0.15, 0.2) is 42.6 Å². The number of nitrogens with zero attached hydrogens (tertiary/aromatic N) is 2. The summed E-state index contributed by atoms with van der Waals surface area (Å²) in [5, 5.41) is 8.16. The Hall–Kier alpha value is -3.79. The smallest absolute Gasteiger partial charge is 0.408 e. The summed E-state index contributed by atoms with van der Waals surface area (Å²) in [4.78, 5) is 24.9. The van der Waals surface area contributed by atoms with Gasteiger partial charge in [0.25, 0.3) is 6.43 Å². The number of hydrogen-bond donors (Lipinski definition) is 3. The zero-order valence-electron chi connectivity index (χ0n) is 26.4. The van der Waals surface area contributed by atoms with Gasteiger partial charge < -0.3 is 25.1 Å². The minimum Gasteiger partial charge on any atom is -0.489 e. The van der Waals surface area contributed by atoms with E-state index in [1.165, 1.54) is 11.6 Å². The van der Waals surface area contributed by atoms with Gasteiger partial charge >= 0.3 is 6.09 Å². The van der Waals surface area contributed by atoms with Crippen molar-refractivity contribution >= 4 is 28.0 Å². The van der Waals surface area contributed by atoms with Crippen molar-refractivity contribution in [2.24, 2.45) is 5.92 Å². The van der Waals surface area contributed by atoms with E-state index in [1.807, 2.05) is 26.8 Å². The molecule has 1 aliphatic heterocycles. The molecular weight excluding hydrogens is 564 g/mol. The first-order chi connectivity index (χ1) is 20.8. The molecule has 0 radical (unpaired) electrons. The van der Waals surface area contributed by atoms with Gasteiger partial charge in [-0.05, 0) is 108 Å². The number of halogens is 2. The van der Waals surface area contributed by atoms with Crippen LogP contribution in [0, 0.1) is 5.92 Å². The molecule has 1 saturated heterocycles. The van der Waals surface area contributed by atoms with Crippen LogP contribution >= 0.6 is 0 Å². The number of fused-ring (bicyclic) bond motifs is 3. The monoisotopic (exact) mass is 607 g/mol. The number of carbonyl (C=O) groups is 1. The molecule has 1 fully saturated rings. The molecule has 8 nitrogen and oxygen atoms in total. The van der Waals surface area contributed by atoms with Crippen LogP contribution in [0.2, 0.25) is 0 Å². The first-order valence-electron chi connectivity index (χ1n) is 15.4. The summed E-state index contributed by atoms with van der Waals surface area (Å²) in [6, 6.07) is 11.5. The van der Waals surface area contributed by atoms with E-state index in [0.29, 0.717) is 29.2 Å². The van der Waals surface area contributed by atoms with Gasteiger partial charge in [-0.2, -0.15) is 0 Å². The Kier molecular flexibility index (Phi) is 9.11. The highest BCUT2D eigenvalue weighted by molar-refractivity contribution is 6.12. The van der Waals surface area contributed by atoms with E-state index in [4.69, 9.17) is 9.47 Å². The largest absolute Gasteiger partial charge is 0.489 e. The van der Waals surface area contributed by atoms with E-state index in [1.54, 1.807) is 33.0 Å². The summed E-state index contributed by atoms with van der Waals surface area (Å²) in [5.41, 5.74) is 2.02. The lowest BCUT2D eigenvalue weighted by Crippen LogP contribution is -2.52. The fraction of sp³-hybridized carbons (Fsp3) is 0.500. The third-order valence-electron chi connectivity index (χ3n) is 7.90. The molecule has 3 N–H and O–H groups in total. The van der Waals surface area contributed by atoms with E-state index < -0.39 is 29.4 Å². The van der Waals surface area contributed by atoms with E-state index in [9.17, 15) is 13.6 Å². The molecule has 0 unspecified atom stereocenters. The Morgan fingerprint density at radius 2 is 1.84 bits per heavy atom. The van der Waals surface area contributed by atoms with Gasteiger partial charge in [0.05, 0.1) is 11.2 Å². The molecule has 0 spiro atoms. The molecule has 10 heteroatoms. The number of pyridine rings is 2. The predicted molar refractivity (Wildman–Crippen MR) is 169 cm³/mol. The second-order valence-electron chi connectivity index (χ2n) is 13.5. The topological polar surface area (TPSA) is 101 Å². The predicted octanol–water partition coefficient (Wildman–Crippen LogP) is 7.89. The lowest BCUT2D eigenvalue weighted by Gasteiger charge is -2.33. The average Bonchev–Trinajstić information content (AvgIpc) is 3.33. The second-order valence-corrected chi connectivity index (χ2v) is 13.5. The van der Waals surface area contributed by atoms with E-state index in [-0.39, 0.29) is 18.3 Å². The number of hydrogen-bond acceptors (Lipinski definition) is 6. The number of aromatic amines is 1. The summed E-state index contributed by atoms with van der Waals surface area (Å²) >= 11 is 0. The van der Waals surface area contributed by atoms with Gasteiger partial charge in [-0.3, -0.25) is 0 Å². The Bertz CT molecular complexity index is 1620. The highest BCUT2D eigenvalue weighted by Gasteiger charge is 2.32. The van der Waals surface area contributed by atoms with Gasteiger partial charge in [0.15, 0.2) is 0 Å². The minimum atomic E-state index is -2.87. The molecule has 0 aliphatic carbocycles. The number of carbonyl (C=O) groups excluding carboxylic acids is 1. The van der Waals surface area contributed by atoms with Gasteiger partial charge in [0, 0.05) is 28.0 Å². The Balaban J connectivity index is 1.46. The maximum absolute atomic E-state index is 14.5. The van der Waals surface area contributed by atoms with Gasteiger partial charge in [-0.25, -0.2) is 23.5 Å². The fourth-order valence-corrected chi connectivity index (χ4v) is 6.18. The Labute approximate surface area is 257 Å². The van der Waals surface area contributed by atoms with Crippen LogP contribution in [0.3, 0.4) is 0 Å². The SMILES string of the molecule is CC(C)C[C@@](C)(COc1ccc(-c2ccnc3[nH]c4ccc(C5CCNCC5)cc4c23)nc1C(F)F)NC(=O)OC(C)(C)C. The minimum absolute atomic E-state index is 0.0258. The number of alkyl carbamates (subject to hydrolysis) is 1. The number of rotatable bonds is 9. The zero-order valence-corrected chi connectivity index (χ0v) is 26.4.